The second-order valence-corrected chi connectivity index (χ2v) is 9.63. The first-order valence-electron chi connectivity index (χ1n) is 11.0. The molecule has 0 atom stereocenters. The fourth-order valence-corrected chi connectivity index (χ4v) is 5.07. The third kappa shape index (κ3) is 8.36. The van der Waals surface area contributed by atoms with Gasteiger partial charge in [0.1, 0.15) is 12.0 Å². The molecule has 1 aromatic carbocycles. The fraction of sp³-hybridized carbons (Fsp3) is 0.545. The van der Waals surface area contributed by atoms with E-state index in [0.717, 1.165) is 44.7 Å². The number of nitrogens with one attached hydrogen (secondary N) is 1. The zero-order valence-corrected chi connectivity index (χ0v) is 21.8. The summed E-state index contributed by atoms with van der Waals surface area (Å²) in [6.45, 7) is 5.76. The molecule has 0 unspecified atom stereocenters. The molecule has 178 valence electrons. The Morgan fingerprint density at radius 1 is 1.09 bits per heavy atom. The lowest BCUT2D eigenvalue weighted by atomic mass is 10.1. The van der Waals surface area contributed by atoms with Gasteiger partial charge in [-0.05, 0) is 31.7 Å². The number of unbranched alkanes of at least 4 members (excludes halogenated alkanes) is 2. The van der Waals surface area contributed by atoms with E-state index in [2.05, 4.69) is 39.6 Å². The van der Waals surface area contributed by atoms with Crippen molar-refractivity contribution in [2.75, 3.05) is 39.3 Å². The average molecular weight is 576 g/mol. The minimum atomic E-state index is -3.39. The van der Waals surface area contributed by atoms with Gasteiger partial charge in [0, 0.05) is 45.3 Å². The number of halogens is 1. The van der Waals surface area contributed by atoms with Crippen molar-refractivity contribution in [1.82, 2.24) is 19.7 Å². The van der Waals surface area contributed by atoms with E-state index in [-0.39, 0.29) is 29.7 Å². The number of aromatic nitrogens is 1. The van der Waals surface area contributed by atoms with E-state index in [0.29, 0.717) is 31.9 Å². The number of benzene rings is 1. The van der Waals surface area contributed by atoms with Gasteiger partial charge in [-0.2, -0.15) is 4.31 Å². The number of sulfonamides is 1. The Balaban J connectivity index is 0.00000363. The van der Waals surface area contributed by atoms with Crippen molar-refractivity contribution in [2.24, 2.45) is 4.99 Å². The lowest BCUT2D eigenvalue weighted by Crippen LogP contribution is -2.53. The van der Waals surface area contributed by atoms with E-state index in [1.54, 1.807) is 6.07 Å². The summed E-state index contributed by atoms with van der Waals surface area (Å²) < 4.78 is 31.5. The number of aliphatic imine (C=N–C) groups is 1. The molecule has 8 nitrogen and oxygen atoms in total. The van der Waals surface area contributed by atoms with E-state index in [4.69, 9.17) is 9.52 Å². The standard InChI is InChI=1S/C22H33N5O3S.HI/c1-2-23-22(24-13-8-4-7-11-20-9-5-3-6-10-20)26-14-16-27(17-15-26)31(28,29)19-21-12-18-30-25-21;/h3,5-6,9-10,12,18H,2,4,7-8,11,13-17,19H2,1H3,(H,23,24);1H. The maximum atomic E-state index is 12.6. The van der Waals surface area contributed by atoms with Crippen LogP contribution in [0.25, 0.3) is 0 Å². The molecule has 1 fully saturated rings. The second-order valence-electron chi connectivity index (χ2n) is 7.67. The molecule has 0 bridgehead atoms. The van der Waals surface area contributed by atoms with E-state index in [9.17, 15) is 8.42 Å². The SMILES string of the molecule is CCNC(=NCCCCCc1ccccc1)N1CCN(S(=O)(=O)Cc2ccon2)CC1.I. The Hall–Kier alpha value is -1.66. The normalized spacial score (nSPS) is 15.4. The lowest BCUT2D eigenvalue weighted by molar-refractivity contribution is 0.259. The summed E-state index contributed by atoms with van der Waals surface area (Å²) in [5.74, 6) is 0.750. The first-order chi connectivity index (χ1) is 15.1. The Labute approximate surface area is 208 Å². The molecule has 1 saturated heterocycles. The Morgan fingerprint density at radius 2 is 1.84 bits per heavy atom. The lowest BCUT2D eigenvalue weighted by Gasteiger charge is -2.35. The van der Waals surface area contributed by atoms with Gasteiger partial charge in [-0.3, -0.25) is 4.99 Å². The van der Waals surface area contributed by atoms with Crippen molar-refractivity contribution in [3.63, 3.8) is 0 Å². The predicted octanol–water partition coefficient (Wildman–Crippen LogP) is 3.12. The first kappa shape index (κ1) is 26.6. The number of hydrogen-bond acceptors (Lipinski definition) is 5. The molecule has 1 aliphatic rings. The summed E-state index contributed by atoms with van der Waals surface area (Å²) in [4.78, 5) is 6.92. The monoisotopic (exact) mass is 575 g/mol. The highest BCUT2D eigenvalue weighted by Crippen LogP contribution is 2.13. The molecule has 2 aromatic rings. The topological polar surface area (TPSA) is 91.0 Å². The van der Waals surface area contributed by atoms with E-state index in [1.165, 1.54) is 16.1 Å². The van der Waals surface area contributed by atoms with Crippen LogP contribution in [0.2, 0.25) is 0 Å². The van der Waals surface area contributed by atoms with Crippen LogP contribution in [-0.2, 0) is 22.2 Å². The van der Waals surface area contributed by atoms with Gasteiger partial charge < -0.3 is 14.7 Å². The number of hydrogen-bond donors (Lipinski definition) is 1. The highest BCUT2D eigenvalue weighted by Gasteiger charge is 2.28. The van der Waals surface area contributed by atoms with Gasteiger partial charge in [0.05, 0.1) is 5.69 Å². The highest BCUT2D eigenvalue weighted by molar-refractivity contribution is 14.0. The van der Waals surface area contributed by atoms with Gasteiger partial charge in [-0.15, -0.1) is 24.0 Å². The minimum absolute atomic E-state index is 0. The zero-order chi connectivity index (χ0) is 21.9. The summed E-state index contributed by atoms with van der Waals surface area (Å²) in [6.07, 6.45) is 5.86. The molecule has 0 saturated carbocycles. The van der Waals surface area contributed by atoms with Crippen molar-refractivity contribution in [1.29, 1.82) is 0 Å². The van der Waals surface area contributed by atoms with Crippen molar-refractivity contribution >= 4 is 40.0 Å². The van der Waals surface area contributed by atoms with Crippen LogP contribution < -0.4 is 5.32 Å². The predicted molar refractivity (Wildman–Crippen MR) is 138 cm³/mol. The quantitative estimate of drug-likeness (QED) is 0.203. The molecule has 1 aromatic heterocycles. The maximum absolute atomic E-state index is 12.6. The van der Waals surface area contributed by atoms with Crippen molar-refractivity contribution in [3.8, 4) is 0 Å². The van der Waals surface area contributed by atoms with Crippen LogP contribution in [0.5, 0.6) is 0 Å². The Kier molecular flexibility index (Phi) is 11.5. The summed E-state index contributed by atoms with van der Waals surface area (Å²) in [6, 6.07) is 12.2. The second kappa shape index (κ2) is 13.8. The smallest absolute Gasteiger partial charge is 0.220 e. The van der Waals surface area contributed by atoms with Crippen LogP contribution in [0, 0.1) is 0 Å². The van der Waals surface area contributed by atoms with Crippen molar-refractivity contribution < 1.29 is 12.9 Å². The van der Waals surface area contributed by atoms with Crippen LogP contribution >= 0.6 is 24.0 Å². The number of piperazine rings is 1. The van der Waals surface area contributed by atoms with Gasteiger partial charge in [0.15, 0.2) is 5.96 Å². The molecule has 2 heterocycles. The molecule has 32 heavy (non-hydrogen) atoms. The molecule has 3 rings (SSSR count). The van der Waals surface area contributed by atoms with E-state index >= 15 is 0 Å². The van der Waals surface area contributed by atoms with Gasteiger partial charge in [0.25, 0.3) is 0 Å². The minimum Gasteiger partial charge on any atom is -0.364 e. The summed E-state index contributed by atoms with van der Waals surface area (Å²) in [5.41, 5.74) is 1.82. The summed E-state index contributed by atoms with van der Waals surface area (Å²) in [5, 5.41) is 7.06. The van der Waals surface area contributed by atoms with E-state index < -0.39 is 10.0 Å². The van der Waals surface area contributed by atoms with Gasteiger partial charge in [-0.1, -0.05) is 41.9 Å². The molecule has 0 amide bonds. The molecular weight excluding hydrogens is 541 g/mol. The molecule has 1 N–H and O–H groups in total. The third-order valence-electron chi connectivity index (χ3n) is 5.32. The van der Waals surface area contributed by atoms with Gasteiger partial charge >= 0.3 is 0 Å². The average Bonchev–Trinajstić information content (AvgIpc) is 3.28. The molecule has 0 spiro atoms. The number of aryl methyl sites for hydroxylation is 1. The molecule has 1 aliphatic heterocycles. The number of rotatable bonds is 10. The van der Waals surface area contributed by atoms with Crippen molar-refractivity contribution in [3.05, 3.63) is 53.9 Å². The van der Waals surface area contributed by atoms with Gasteiger partial charge in [-0.25, -0.2) is 8.42 Å². The Morgan fingerprint density at radius 3 is 2.50 bits per heavy atom. The van der Waals surface area contributed by atoms with Crippen LogP contribution in [-0.4, -0.2) is 68.0 Å². The zero-order valence-electron chi connectivity index (χ0n) is 18.6. The van der Waals surface area contributed by atoms with Gasteiger partial charge in [0.2, 0.25) is 10.0 Å². The first-order valence-corrected chi connectivity index (χ1v) is 12.6. The molecule has 10 heteroatoms. The Bertz CT molecular complexity index is 899. The summed E-state index contributed by atoms with van der Waals surface area (Å²) in [7, 11) is -3.39. The van der Waals surface area contributed by atoms with E-state index in [1.807, 2.05) is 13.0 Å². The van der Waals surface area contributed by atoms with Crippen molar-refractivity contribution in [2.45, 2.75) is 38.4 Å². The summed E-state index contributed by atoms with van der Waals surface area (Å²) >= 11 is 0. The maximum Gasteiger partial charge on any atom is 0.220 e. The largest absolute Gasteiger partial charge is 0.364 e. The third-order valence-corrected chi connectivity index (χ3v) is 7.13. The number of guanidine groups is 1. The van der Waals surface area contributed by atoms with Crippen LogP contribution in [0.3, 0.4) is 0 Å². The molecule has 0 radical (unpaired) electrons. The molecule has 0 aliphatic carbocycles. The number of nitrogens with zero attached hydrogens (tertiary/aromatic N) is 4. The fourth-order valence-electron chi connectivity index (χ4n) is 3.64. The van der Waals surface area contributed by atoms with Crippen LogP contribution in [0.1, 0.15) is 37.4 Å². The highest BCUT2D eigenvalue weighted by atomic mass is 127. The van der Waals surface area contributed by atoms with Crippen LogP contribution in [0.4, 0.5) is 0 Å². The molecular formula is C22H34IN5O3S. The van der Waals surface area contributed by atoms with Crippen LogP contribution in [0.15, 0.2) is 52.2 Å².